The SMILES string of the molecule is O=S(=O)(c1ccc(C(F)(F)F)c(C(F)(F)F)c1)c1ccc(C(F)(F)F)c(C(F)(F)F)c1. The second kappa shape index (κ2) is 7.31. The minimum absolute atomic E-state index is 0.0539. The molecule has 0 atom stereocenters. The van der Waals surface area contributed by atoms with Crippen molar-refractivity contribution in [3.8, 4) is 0 Å². The summed E-state index contributed by atoms with van der Waals surface area (Å²) in [5.74, 6) is 0. The van der Waals surface area contributed by atoms with Gasteiger partial charge in [0.2, 0.25) is 9.84 Å². The number of alkyl halides is 12. The Bertz CT molecular complexity index is 1010. The average Bonchev–Trinajstić information content (AvgIpc) is 2.57. The highest BCUT2D eigenvalue weighted by molar-refractivity contribution is 7.91. The molecule has 0 aromatic heterocycles. The number of sulfone groups is 1. The molecule has 0 aliphatic heterocycles. The smallest absolute Gasteiger partial charge is 0.219 e. The van der Waals surface area contributed by atoms with Gasteiger partial charge in [-0.25, -0.2) is 8.42 Å². The van der Waals surface area contributed by atoms with Gasteiger partial charge < -0.3 is 0 Å². The minimum atomic E-state index is -5.70. The maximum absolute atomic E-state index is 13.0. The lowest BCUT2D eigenvalue weighted by Crippen LogP contribution is -2.19. The Morgan fingerprint density at radius 1 is 0.452 bits per heavy atom. The molecule has 0 fully saturated rings. The lowest BCUT2D eigenvalue weighted by atomic mass is 10.1. The second-order valence-electron chi connectivity index (χ2n) is 5.91. The van der Waals surface area contributed by atoms with Crippen LogP contribution in [0.1, 0.15) is 22.3 Å². The fourth-order valence-electron chi connectivity index (χ4n) is 2.48. The van der Waals surface area contributed by atoms with Crippen molar-refractivity contribution in [3.05, 3.63) is 58.7 Å². The number of benzene rings is 2. The van der Waals surface area contributed by atoms with E-state index in [1.54, 1.807) is 0 Å². The van der Waals surface area contributed by atoms with Gasteiger partial charge >= 0.3 is 24.7 Å². The van der Waals surface area contributed by atoms with E-state index in [0.29, 0.717) is 0 Å². The van der Waals surface area contributed by atoms with E-state index in [4.69, 9.17) is 0 Å². The van der Waals surface area contributed by atoms with Crippen LogP contribution in [0.5, 0.6) is 0 Å². The fraction of sp³-hybridized carbons (Fsp3) is 0.250. The van der Waals surface area contributed by atoms with Crippen LogP contribution in [-0.4, -0.2) is 8.42 Å². The van der Waals surface area contributed by atoms with Crippen molar-refractivity contribution < 1.29 is 61.1 Å². The summed E-state index contributed by atoms with van der Waals surface area (Å²) in [6.45, 7) is 0. The zero-order valence-electron chi connectivity index (χ0n) is 14.2. The number of halogens is 12. The van der Waals surface area contributed by atoms with Gasteiger partial charge in [-0.1, -0.05) is 0 Å². The van der Waals surface area contributed by atoms with E-state index in [2.05, 4.69) is 0 Å². The third-order valence-electron chi connectivity index (χ3n) is 3.82. The highest BCUT2D eigenvalue weighted by Gasteiger charge is 2.45. The minimum Gasteiger partial charge on any atom is -0.219 e. The van der Waals surface area contributed by atoms with Crippen LogP contribution in [0.3, 0.4) is 0 Å². The quantitative estimate of drug-likeness (QED) is 0.445. The molecule has 0 aliphatic carbocycles. The molecule has 0 saturated heterocycles. The van der Waals surface area contributed by atoms with Gasteiger partial charge in [-0.05, 0) is 36.4 Å². The molecule has 172 valence electrons. The van der Waals surface area contributed by atoms with Crippen LogP contribution in [0.2, 0.25) is 0 Å². The Labute approximate surface area is 165 Å². The monoisotopic (exact) mass is 490 g/mol. The third-order valence-corrected chi connectivity index (χ3v) is 5.57. The van der Waals surface area contributed by atoms with Gasteiger partial charge in [-0.15, -0.1) is 0 Å². The van der Waals surface area contributed by atoms with Gasteiger partial charge in [0.05, 0.1) is 32.0 Å². The summed E-state index contributed by atoms with van der Waals surface area (Å²) in [5, 5.41) is 0. The molecule has 0 bridgehead atoms. The lowest BCUT2D eigenvalue weighted by Gasteiger charge is -2.18. The van der Waals surface area contributed by atoms with E-state index in [1.807, 2.05) is 0 Å². The molecule has 0 spiro atoms. The van der Waals surface area contributed by atoms with Gasteiger partial charge in [-0.3, -0.25) is 0 Å². The van der Waals surface area contributed by atoms with E-state index in [9.17, 15) is 61.1 Å². The van der Waals surface area contributed by atoms with Crippen LogP contribution in [0.25, 0.3) is 0 Å². The van der Waals surface area contributed by atoms with Crippen molar-refractivity contribution in [2.75, 3.05) is 0 Å². The van der Waals surface area contributed by atoms with Gasteiger partial charge in [-0.2, -0.15) is 52.7 Å². The largest absolute Gasteiger partial charge is 0.417 e. The van der Waals surface area contributed by atoms with Crippen molar-refractivity contribution in [2.24, 2.45) is 0 Å². The van der Waals surface area contributed by atoms with E-state index in [0.717, 1.165) is 0 Å². The Morgan fingerprint density at radius 2 is 0.710 bits per heavy atom. The van der Waals surface area contributed by atoms with Crippen LogP contribution in [-0.2, 0) is 34.5 Å². The highest BCUT2D eigenvalue weighted by Crippen LogP contribution is 2.44. The van der Waals surface area contributed by atoms with Gasteiger partial charge in [0.25, 0.3) is 0 Å². The molecule has 0 saturated carbocycles. The van der Waals surface area contributed by atoms with Crippen LogP contribution in [0, 0.1) is 0 Å². The summed E-state index contributed by atoms with van der Waals surface area (Å²) >= 11 is 0. The molecule has 0 amide bonds. The van der Waals surface area contributed by atoms with Crippen LogP contribution < -0.4 is 0 Å². The maximum Gasteiger partial charge on any atom is 0.417 e. The van der Waals surface area contributed by atoms with Gasteiger partial charge in [0.1, 0.15) is 0 Å². The average molecular weight is 490 g/mol. The van der Waals surface area contributed by atoms with Crippen LogP contribution >= 0.6 is 0 Å². The van der Waals surface area contributed by atoms with E-state index < -0.39 is 78.7 Å². The Hall–Kier alpha value is -2.45. The second-order valence-corrected chi connectivity index (χ2v) is 7.86. The standard InChI is InChI=1S/C16H6F12O2S/c17-13(18,19)9-3-1-7(5-11(9)15(23,24)25)31(29,30)8-2-4-10(14(20,21)22)12(6-8)16(26,27)28/h1-6H. The predicted molar refractivity (Wildman–Crippen MR) is 78.3 cm³/mol. The predicted octanol–water partition coefficient (Wildman–Crippen LogP) is 6.59. The summed E-state index contributed by atoms with van der Waals surface area (Å²) in [6.07, 6.45) is -22.5. The van der Waals surface area contributed by atoms with Gasteiger partial charge in [0, 0.05) is 0 Å². The molecule has 0 heterocycles. The maximum atomic E-state index is 13.0. The normalized spacial score (nSPS) is 14.1. The molecular formula is C16H6F12O2S. The Balaban J connectivity index is 2.76. The molecule has 0 unspecified atom stereocenters. The molecule has 2 nitrogen and oxygen atoms in total. The number of hydrogen-bond donors (Lipinski definition) is 0. The van der Waals surface area contributed by atoms with E-state index in [-0.39, 0.29) is 24.3 Å². The summed E-state index contributed by atoms with van der Waals surface area (Å²) < 4.78 is 179. The van der Waals surface area contributed by atoms with Crippen LogP contribution in [0.4, 0.5) is 52.7 Å². The topological polar surface area (TPSA) is 34.1 Å². The van der Waals surface area contributed by atoms with Gasteiger partial charge in [0.15, 0.2) is 0 Å². The molecule has 2 aromatic rings. The Morgan fingerprint density at radius 3 is 0.935 bits per heavy atom. The van der Waals surface area contributed by atoms with Crippen molar-refractivity contribution in [1.29, 1.82) is 0 Å². The van der Waals surface area contributed by atoms with Crippen molar-refractivity contribution in [1.82, 2.24) is 0 Å². The van der Waals surface area contributed by atoms with Crippen molar-refractivity contribution in [2.45, 2.75) is 34.5 Å². The van der Waals surface area contributed by atoms with Crippen molar-refractivity contribution in [3.63, 3.8) is 0 Å². The number of rotatable bonds is 2. The zero-order valence-corrected chi connectivity index (χ0v) is 15.0. The Kier molecular flexibility index (Phi) is 5.85. The first kappa shape index (κ1) is 24.8. The molecule has 0 N–H and O–H groups in total. The summed E-state index contributed by atoms with van der Waals surface area (Å²) in [5.41, 5.74) is -9.40. The first-order chi connectivity index (χ1) is 13.7. The van der Waals surface area contributed by atoms with E-state index >= 15 is 0 Å². The molecule has 2 aromatic carbocycles. The molecule has 0 aliphatic rings. The third kappa shape index (κ3) is 5.07. The summed E-state index contributed by atoms with van der Waals surface area (Å²) in [6, 6.07) is -1.29. The first-order valence-corrected chi connectivity index (χ1v) is 8.97. The molecule has 31 heavy (non-hydrogen) atoms. The molecule has 2 rings (SSSR count). The molecule has 0 radical (unpaired) electrons. The fourth-order valence-corrected chi connectivity index (χ4v) is 3.79. The summed E-state index contributed by atoms with van der Waals surface area (Å²) in [7, 11) is -5.36. The number of hydrogen-bond acceptors (Lipinski definition) is 2. The molecule has 15 heteroatoms. The summed E-state index contributed by atoms with van der Waals surface area (Å²) in [4.78, 5) is -3.00. The lowest BCUT2D eigenvalue weighted by molar-refractivity contribution is -0.162. The molecular weight excluding hydrogens is 484 g/mol. The van der Waals surface area contributed by atoms with Crippen molar-refractivity contribution >= 4 is 9.84 Å². The van der Waals surface area contributed by atoms with E-state index in [1.165, 1.54) is 0 Å². The highest BCUT2D eigenvalue weighted by atomic mass is 32.2. The van der Waals surface area contributed by atoms with Crippen LogP contribution in [0.15, 0.2) is 46.2 Å². The first-order valence-electron chi connectivity index (χ1n) is 7.49. The zero-order chi connectivity index (χ0) is 24.2.